The fraction of sp³-hybridized carbons (Fsp3) is 0.105. The lowest BCUT2D eigenvalue weighted by Crippen LogP contribution is -3.00. The van der Waals surface area contributed by atoms with Gasteiger partial charge in [0.15, 0.2) is 5.69 Å². The van der Waals surface area contributed by atoms with E-state index in [0.29, 0.717) is 6.54 Å². The van der Waals surface area contributed by atoms with Crippen LogP contribution in [0.2, 0.25) is 0 Å². The Hall–Kier alpha value is -2.45. The standard InChI is InChI=1S/C19H21N6.2BrH/c1-3-11-21-19(20)23-22-13-15-7-9-16(10-8-15)17-14-25-12-5-4-6-18(25)24(17)2;;/h3-10,12-14H,1,11H2,2H3,(H3,20,21,23);2*1H/q+1;;/p-1/b22-13+;;. The van der Waals surface area contributed by atoms with Crippen LogP contribution in [0.25, 0.3) is 16.9 Å². The quantitative estimate of drug-likeness (QED) is 0.164. The number of nitrogens with zero attached hydrogens (tertiary/aromatic N) is 4. The van der Waals surface area contributed by atoms with Crippen molar-refractivity contribution in [2.45, 2.75) is 0 Å². The molecule has 0 radical (unpaired) electrons. The van der Waals surface area contributed by atoms with Crippen LogP contribution in [0.15, 0.2) is 77.6 Å². The Morgan fingerprint density at radius 2 is 2.00 bits per heavy atom. The molecular weight excluding hydrogens is 472 g/mol. The SMILES string of the molecule is Br.C=CCN=C(N)N/N=C/c1ccc(-c2c[n+]3ccccc3n2C)cc1.[Br-]. The second-order valence-corrected chi connectivity index (χ2v) is 5.55. The van der Waals surface area contributed by atoms with Gasteiger partial charge < -0.3 is 22.7 Å². The molecule has 0 fully saturated rings. The molecule has 0 atom stereocenters. The first-order valence-electron chi connectivity index (χ1n) is 7.95. The Morgan fingerprint density at radius 1 is 1.26 bits per heavy atom. The molecule has 0 unspecified atom stereocenters. The minimum Gasteiger partial charge on any atom is -1.00 e. The molecule has 3 aromatic rings. The van der Waals surface area contributed by atoms with Gasteiger partial charge in [-0.25, -0.2) is 19.4 Å². The van der Waals surface area contributed by atoms with Crippen molar-refractivity contribution in [1.29, 1.82) is 0 Å². The lowest BCUT2D eigenvalue weighted by atomic mass is 10.1. The molecule has 2 heterocycles. The molecule has 6 nitrogen and oxygen atoms in total. The van der Waals surface area contributed by atoms with Gasteiger partial charge in [-0.1, -0.05) is 24.3 Å². The lowest BCUT2D eigenvalue weighted by molar-refractivity contribution is -0.510. The van der Waals surface area contributed by atoms with Crippen molar-refractivity contribution in [3.8, 4) is 11.3 Å². The summed E-state index contributed by atoms with van der Waals surface area (Å²) in [5, 5.41) is 4.07. The second kappa shape index (κ2) is 10.6. The lowest BCUT2D eigenvalue weighted by Gasteiger charge is -2.00. The van der Waals surface area contributed by atoms with Crippen LogP contribution < -0.4 is 32.5 Å². The van der Waals surface area contributed by atoms with Gasteiger partial charge in [0.05, 0.1) is 26.0 Å². The zero-order chi connectivity index (χ0) is 17.6. The molecule has 1 aromatic carbocycles. The topological polar surface area (TPSA) is 71.8 Å². The summed E-state index contributed by atoms with van der Waals surface area (Å²) in [7, 11) is 2.06. The average molecular weight is 494 g/mol. The molecule has 27 heavy (non-hydrogen) atoms. The van der Waals surface area contributed by atoms with Crippen LogP contribution in [-0.2, 0) is 7.05 Å². The van der Waals surface area contributed by atoms with Gasteiger partial charge in [-0.3, -0.25) is 0 Å². The van der Waals surface area contributed by atoms with E-state index in [-0.39, 0.29) is 39.9 Å². The maximum Gasteiger partial charge on any atom is 0.286 e. The molecule has 0 aliphatic rings. The maximum absolute atomic E-state index is 5.65. The number of hydrogen-bond donors (Lipinski definition) is 2. The molecule has 8 heteroatoms. The van der Waals surface area contributed by atoms with E-state index in [9.17, 15) is 0 Å². The average Bonchev–Trinajstić information content (AvgIpc) is 2.98. The molecule has 0 spiro atoms. The number of rotatable bonds is 5. The van der Waals surface area contributed by atoms with Crippen molar-refractivity contribution in [1.82, 2.24) is 9.99 Å². The molecule has 3 N–H and O–H groups in total. The minimum atomic E-state index is 0. The summed E-state index contributed by atoms with van der Waals surface area (Å²) in [6.45, 7) is 4.05. The Labute approximate surface area is 179 Å². The van der Waals surface area contributed by atoms with Gasteiger partial charge in [-0.05, 0) is 23.8 Å². The van der Waals surface area contributed by atoms with Gasteiger partial charge in [0.2, 0.25) is 5.96 Å². The van der Waals surface area contributed by atoms with E-state index in [1.165, 1.54) is 0 Å². The monoisotopic (exact) mass is 492 g/mol. The van der Waals surface area contributed by atoms with Crippen molar-refractivity contribution in [2.24, 2.45) is 22.9 Å². The zero-order valence-electron chi connectivity index (χ0n) is 14.9. The van der Waals surface area contributed by atoms with Crippen molar-refractivity contribution < 1.29 is 21.4 Å². The number of nitrogens with two attached hydrogens (primary N) is 1. The summed E-state index contributed by atoms with van der Waals surface area (Å²) >= 11 is 0. The van der Waals surface area contributed by atoms with Gasteiger partial charge in [-0.2, -0.15) is 5.10 Å². The number of hydrogen-bond acceptors (Lipinski definition) is 2. The van der Waals surface area contributed by atoms with Crippen LogP contribution in [-0.4, -0.2) is 23.3 Å². The predicted molar refractivity (Wildman–Crippen MR) is 112 cm³/mol. The first kappa shape index (κ1) is 22.6. The van der Waals surface area contributed by atoms with E-state index in [2.05, 4.69) is 62.5 Å². The molecule has 0 saturated carbocycles. The van der Waals surface area contributed by atoms with E-state index in [1.807, 2.05) is 30.5 Å². The number of pyridine rings is 1. The van der Waals surface area contributed by atoms with E-state index in [4.69, 9.17) is 5.73 Å². The first-order chi connectivity index (χ1) is 12.2. The van der Waals surface area contributed by atoms with E-state index < -0.39 is 0 Å². The summed E-state index contributed by atoms with van der Waals surface area (Å²) in [5.74, 6) is 0.264. The Morgan fingerprint density at radius 3 is 2.67 bits per heavy atom. The third-order valence-electron chi connectivity index (χ3n) is 3.82. The van der Waals surface area contributed by atoms with E-state index >= 15 is 0 Å². The van der Waals surface area contributed by atoms with Crippen LogP contribution in [0.3, 0.4) is 0 Å². The smallest absolute Gasteiger partial charge is 0.286 e. The van der Waals surface area contributed by atoms with E-state index in [1.54, 1.807) is 12.3 Å². The molecular formula is C19H22Br2N6. The molecule has 0 aliphatic heterocycles. The summed E-state index contributed by atoms with van der Waals surface area (Å²) < 4.78 is 4.28. The Balaban J connectivity index is 0.00000182. The number of benzene rings is 1. The highest BCUT2D eigenvalue weighted by atomic mass is 79.9. The molecule has 0 amide bonds. The molecule has 0 bridgehead atoms. The number of aryl methyl sites for hydroxylation is 1. The van der Waals surface area contributed by atoms with Crippen LogP contribution in [0.1, 0.15) is 5.56 Å². The Bertz CT molecular complexity index is 944. The van der Waals surface area contributed by atoms with Gasteiger partial charge >= 0.3 is 0 Å². The van der Waals surface area contributed by atoms with Crippen LogP contribution in [0.4, 0.5) is 0 Å². The normalized spacial score (nSPS) is 11.1. The summed E-state index contributed by atoms with van der Waals surface area (Å²) in [4.78, 5) is 4.00. The third kappa shape index (κ3) is 5.51. The summed E-state index contributed by atoms with van der Waals surface area (Å²) in [6, 6.07) is 14.3. The zero-order valence-corrected chi connectivity index (χ0v) is 18.2. The summed E-state index contributed by atoms with van der Waals surface area (Å²) in [6.07, 6.45) is 7.54. The largest absolute Gasteiger partial charge is 1.00 e. The number of aromatic nitrogens is 2. The first-order valence-corrected chi connectivity index (χ1v) is 7.95. The summed E-state index contributed by atoms with van der Waals surface area (Å²) in [5.41, 5.74) is 12.7. The number of halogens is 2. The maximum atomic E-state index is 5.65. The number of hydrazone groups is 1. The van der Waals surface area contributed by atoms with Crippen LogP contribution in [0, 0.1) is 0 Å². The molecule has 3 rings (SSSR count). The molecule has 0 saturated heterocycles. The van der Waals surface area contributed by atoms with Gasteiger partial charge in [0.1, 0.15) is 6.20 Å². The van der Waals surface area contributed by atoms with Crippen molar-refractivity contribution in [2.75, 3.05) is 6.54 Å². The number of guanidine groups is 1. The van der Waals surface area contributed by atoms with Crippen molar-refractivity contribution in [3.05, 3.63) is 73.1 Å². The fourth-order valence-corrected chi connectivity index (χ4v) is 2.56. The second-order valence-electron chi connectivity index (χ2n) is 5.55. The molecule has 142 valence electrons. The van der Waals surface area contributed by atoms with Crippen molar-refractivity contribution in [3.63, 3.8) is 0 Å². The number of nitrogens with one attached hydrogen (secondary N) is 1. The third-order valence-corrected chi connectivity index (χ3v) is 3.82. The molecule has 0 aliphatic carbocycles. The van der Waals surface area contributed by atoms with Crippen LogP contribution >= 0.6 is 17.0 Å². The molecule has 2 aromatic heterocycles. The highest BCUT2D eigenvalue weighted by Gasteiger charge is 2.14. The minimum absolute atomic E-state index is 0. The Kier molecular flexibility index (Phi) is 8.90. The number of fused-ring (bicyclic) bond motifs is 1. The van der Waals surface area contributed by atoms with E-state index in [0.717, 1.165) is 22.5 Å². The van der Waals surface area contributed by atoms with Gasteiger partial charge in [-0.15, -0.1) is 23.6 Å². The number of imidazole rings is 1. The van der Waals surface area contributed by atoms with Gasteiger partial charge in [0.25, 0.3) is 5.65 Å². The highest BCUT2D eigenvalue weighted by Crippen LogP contribution is 2.19. The van der Waals surface area contributed by atoms with Crippen LogP contribution in [0.5, 0.6) is 0 Å². The fourth-order valence-electron chi connectivity index (χ4n) is 2.56. The predicted octanol–water partition coefficient (Wildman–Crippen LogP) is -0.563. The van der Waals surface area contributed by atoms with Gasteiger partial charge in [0, 0.05) is 11.6 Å². The number of aliphatic imine (C=N–C) groups is 1. The van der Waals surface area contributed by atoms with Crippen molar-refractivity contribution >= 4 is 34.8 Å². The highest BCUT2D eigenvalue weighted by molar-refractivity contribution is 8.93.